The first-order valence-corrected chi connectivity index (χ1v) is 10.7. The summed E-state index contributed by atoms with van der Waals surface area (Å²) in [5.74, 6) is 0. The summed E-state index contributed by atoms with van der Waals surface area (Å²) in [6.45, 7) is 5.79. The van der Waals surface area contributed by atoms with E-state index in [1.807, 2.05) is 0 Å². The van der Waals surface area contributed by atoms with E-state index in [1.54, 1.807) is 0 Å². The van der Waals surface area contributed by atoms with Crippen molar-refractivity contribution in [3.63, 3.8) is 0 Å². The van der Waals surface area contributed by atoms with Crippen molar-refractivity contribution in [1.82, 2.24) is 10.2 Å². The van der Waals surface area contributed by atoms with E-state index < -0.39 is 0 Å². The zero-order valence-electron chi connectivity index (χ0n) is 16.8. The Labute approximate surface area is 185 Å². The number of aryl methyl sites for hydroxylation is 1. The van der Waals surface area contributed by atoms with Crippen LogP contribution in [-0.4, -0.2) is 49.4 Å². The first-order chi connectivity index (χ1) is 13.8. The van der Waals surface area contributed by atoms with Crippen LogP contribution in [0.4, 0.5) is 5.69 Å². The number of para-hydroxylation sites is 1. The number of anilines is 1. The molecule has 0 saturated carbocycles. The van der Waals surface area contributed by atoms with Crippen LogP contribution in [0.5, 0.6) is 0 Å². The third-order valence-electron chi connectivity index (χ3n) is 5.68. The largest absolute Gasteiger partial charge is 0.379 e. The third kappa shape index (κ3) is 5.48. The van der Waals surface area contributed by atoms with Crippen molar-refractivity contribution in [3.05, 3.63) is 65.7 Å². The maximum atomic E-state index is 5.88. The lowest BCUT2D eigenvalue weighted by Gasteiger charge is -2.39. The smallest absolute Gasteiger partial charge is 0.174 e. The molecule has 0 aromatic heterocycles. The number of hydrogen-bond acceptors (Lipinski definition) is 3. The Morgan fingerprint density at radius 1 is 1.03 bits per heavy atom. The van der Waals surface area contributed by atoms with Gasteiger partial charge in [0.1, 0.15) is 0 Å². The lowest BCUT2D eigenvalue weighted by atomic mass is 9.91. The third-order valence-corrected chi connectivity index (χ3v) is 6.03. The van der Waals surface area contributed by atoms with E-state index >= 15 is 0 Å². The summed E-state index contributed by atoms with van der Waals surface area (Å²) in [5, 5.41) is 4.37. The molecule has 2 aromatic rings. The summed E-state index contributed by atoms with van der Waals surface area (Å²) in [6.07, 6.45) is 3.26. The number of nitrogens with one attached hydrogen (secondary N) is 1. The molecule has 156 valence electrons. The van der Waals surface area contributed by atoms with Gasteiger partial charge in [0.25, 0.3) is 0 Å². The van der Waals surface area contributed by atoms with Gasteiger partial charge in [-0.25, -0.2) is 0 Å². The highest BCUT2D eigenvalue weighted by atomic mass is 35.5. The molecule has 1 atom stereocenters. The molecule has 1 fully saturated rings. The zero-order chi connectivity index (χ0) is 19.2. The van der Waals surface area contributed by atoms with E-state index in [-0.39, 0.29) is 18.4 Å². The van der Waals surface area contributed by atoms with Crippen LogP contribution in [0.1, 0.15) is 30.0 Å². The molecular formula is C23H30ClN3OS. The van der Waals surface area contributed by atoms with Crippen LogP contribution in [0.15, 0.2) is 54.6 Å². The molecule has 0 amide bonds. The van der Waals surface area contributed by atoms with Gasteiger partial charge in [0, 0.05) is 25.3 Å². The summed E-state index contributed by atoms with van der Waals surface area (Å²) in [6, 6.07) is 19.7. The number of morpholine rings is 1. The van der Waals surface area contributed by atoms with Crippen LogP contribution in [0, 0.1) is 0 Å². The number of fused-ring (bicyclic) bond motifs is 1. The van der Waals surface area contributed by atoms with Crippen LogP contribution < -0.4 is 10.2 Å². The molecule has 6 heteroatoms. The minimum atomic E-state index is 0. The molecular weight excluding hydrogens is 402 g/mol. The number of thiocarbonyl (C=S) groups is 1. The molecule has 1 N–H and O–H groups in total. The first-order valence-electron chi connectivity index (χ1n) is 10.3. The van der Waals surface area contributed by atoms with E-state index in [0.717, 1.165) is 63.8 Å². The van der Waals surface area contributed by atoms with Gasteiger partial charge < -0.3 is 15.0 Å². The number of halogens is 1. The van der Waals surface area contributed by atoms with Crippen LogP contribution >= 0.6 is 24.6 Å². The second-order valence-electron chi connectivity index (χ2n) is 7.50. The van der Waals surface area contributed by atoms with E-state index in [2.05, 4.69) is 69.7 Å². The number of nitrogens with zero attached hydrogens (tertiary/aromatic N) is 2. The van der Waals surface area contributed by atoms with Crippen LogP contribution in [-0.2, 0) is 11.2 Å². The molecule has 1 unspecified atom stereocenters. The summed E-state index contributed by atoms with van der Waals surface area (Å²) < 4.78 is 5.43. The molecule has 2 aliphatic rings. The fraction of sp³-hybridized carbons (Fsp3) is 0.435. The van der Waals surface area contributed by atoms with E-state index in [1.165, 1.54) is 16.8 Å². The Bertz CT molecular complexity index is 783. The molecule has 2 aromatic carbocycles. The van der Waals surface area contributed by atoms with Gasteiger partial charge in [0.2, 0.25) is 0 Å². The summed E-state index contributed by atoms with van der Waals surface area (Å²) >= 11 is 5.88. The quantitative estimate of drug-likeness (QED) is 0.565. The molecule has 2 aliphatic heterocycles. The van der Waals surface area contributed by atoms with Gasteiger partial charge in [0.15, 0.2) is 5.11 Å². The molecule has 4 rings (SSSR count). The van der Waals surface area contributed by atoms with Gasteiger partial charge in [-0.2, -0.15) is 0 Å². The molecule has 2 heterocycles. The SMILES string of the molecule is Cl.S=C(NCCCN1CCOCC1)N1c2ccccc2CCC1c1ccccc1. The van der Waals surface area contributed by atoms with Gasteiger partial charge in [-0.1, -0.05) is 48.5 Å². The Kier molecular flexibility index (Phi) is 8.30. The Hall–Kier alpha value is -1.66. The van der Waals surface area contributed by atoms with E-state index in [9.17, 15) is 0 Å². The van der Waals surface area contributed by atoms with Gasteiger partial charge in [-0.3, -0.25) is 4.90 Å². The second-order valence-corrected chi connectivity index (χ2v) is 7.89. The maximum absolute atomic E-state index is 5.88. The van der Waals surface area contributed by atoms with Gasteiger partial charge in [-0.15, -0.1) is 12.4 Å². The summed E-state index contributed by atoms with van der Waals surface area (Å²) in [5.41, 5.74) is 3.95. The van der Waals surface area contributed by atoms with Crippen molar-refractivity contribution in [2.75, 3.05) is 44.3 Å². The van der Waals surface area contributed by atoms with Crippen molar-refractivity contribution >= 4 is 35.4 Å². The summed E-state index contributed by atoms with van der Waals surface area (Å²) in [7, 11) is 0. The highest BCUT2D eigenvalue weighted by Gasteiger charge is 2.29. The Balaban J connectivity index is 0.00000240. The fourth-order valence-electron chi connectivity index (χ4n) is 4.20. The minimum Gasteiger partial charge on any atom is -0.379 e. The van der Waals surface area contributed by atoms with Crippen molar-refractivity contribution in [1.29, 1.82) is 0 Å². The van der Waals surface area contributed by atoms with E-state index in [0.29, 0.717) is 0 Å². The van der Waals surface area contributed by atoms with Crippen molar-refractivity contribution in [2.24, 2.45) is 0 Å². The number of hydrogen-bond donors (Lipinski definition) is 1. The zero-order valence-corrected chi connectivity index (χ0v) is 18.4. The van der Waals surface area contributed by atoms with Crippen molar-refractivity contribution < 1.29 is 4.74 Å². The standard InChI is InChI=1S/C23H29N3OS.ClH/c28-23(24-13-6-14-25-15-17-27-18-16-25)26-21-10-5-4-9-20(21)11-12-22(26)19-7-2-1-3-8-19;/h1-5,7-10,22H,6,11-18H2,(H,24,28);1H. The minimum absolute atomic E-state index is 0. The Morgan fingerprint density at radius 2 is 1.76 bits per heavy atom. The molecule has 0 bridgehead atoms. The monoisotopic (exact) mass is 431 g/mol. The van der Waals surface area contributed by atoms with Gasteiger partial charge >= 0.3 is 0 Å². The lowest BCUT2D eigenvalue weighted by molar-refractivity contribution is 0.0376. The molecule has 0 spiro atoms. The topological polar surface area (TPSA) is 27.7 Å². The second kappa shape index (κ2) is 10.9. The molecule has 1 saturated heterocycles. The highest BCUT2D eigenvalue weighted by molar-refractivity contribution is 7.80. The normalized spacial score (nSPS) is 19.2. The first kappa shape index (κ1) is 22.0. The van der Waals surface area contributed by atoms with Gasteiger partial charge in [0.05, 0.1) is 19.3 Å². The fourth-order valence-corrected chi connectivity index (χ4v) is 4.52. The molecule has 0 aliphatic carbocycles. The predicted molar refractivity (Wildman–Crippen MR) is 126 cm³/mol. The number of ether oxygens (including phenoxy) is 1. The predicted octanol–water partition coefficient (Wildman–Crippen LogP) is 4.20. The average Bonchev–Trinajstić information content (AvgIpc) is 2.77. The Morgan fingerprint density at radius 3 is 2.55 bits per heavy atom. The molecule has 4 nitrogen and oxygen atoms in total. The van der Waals surface area contributed by atoms with E-state index in [4.69, 9.17) is 17.0 Å². The van der Waals surface area contributed by atoms with Crippen molar-refractivity contribution in [3.8, 4) is 0 Å². The highest BCUT2D eigenvalue weighted by Crippen LogP contribution is 2.38. The van der Waals surface area contributed by atoms with Crippen LogP contribution in [0.3, 0.4) is 0 Å². The van der Waals surface area contributed by atoms with Crippen LogP contribution in [0.25, 0.3) is 0 Å². The number of rotatable bonds is 5. The average molecular weight is 432 g/mol. The lowest BCUT2D eigenvalue weighted by Crippen LogP contribution is -2.45. The molecule has 29 heavy (non-hydrogen) atoms. The van der Waals surface area contributed by atoms with Gasteiger partial charge in [-0.05, 0) is 55.2 Å². The summed E-state index contributed by atoms with van der Waals surface area (Å²) in [4.78, 5) is 4.80. The van der Waals surface area contributed by atoms with Crippen molar-refractivity contribution in [2.45, 2.75) is 25.3 Å². The van der Waals surface area contributed by atoms with Crippen LogP contribution in [0.2, 0.25) is 0 Å². The maximum Gasteiger partial charge on any atom is 0.174 e. The molecule has 0 radical (unpaired) electrons. The number of benzene rings is 2.